The minimum Gasteiger partial charge on any atom is -0.342 e. The van der Waals surface area contributed by atoms with Gasteiger partial charge < -0.3 is 4.90 Å². The van der Waals surface area contributed by atoms with Crippen molar-refractivity contribution in [3.05, 3.63) is 0 Å². The number of rotatable bonds is 3. The van der Waals surface area contributed by atoms with E-state index in [9.17, 15) is 9.59 Å². The topological polar surface area (TPSA) is 40.6 Å². The van der Waals surface area contributed by atoms with Gasteiger partial charge in [-0.25, -0.2) is 0 Å². The van der Waals surface area contributed by atoms with E-state index in [0.29, 0.717) is 19.5 Å². The number of carbonyl (C=O) groups excluding carboxylic acids is 2. The Morgan fingerprint density at radius 1 is 1.53 bits per heavy atom. The summed E-state index contributed by atoms with van der Waals surface area (Å²) in [5.41, 5.74) is 0. The van der Waals surface area contributed by atoms with Crippen LogP contribution in [0.2, 0.25) is 0 Å². The molecule has 0 bridgehead atoms. The lowest BCUT2D eigenvalue weighted by Gasteiger charge is -2.28. The average molecular weight is 212 g/mol. The third kappa shape index (κ3) is 3.63. The molecule has 0 aliphatic carbocycles. The summed E-state index contributed by atoms with van der Waals surface area (Å²) in [5, 5.41) is 0. The normalized spacial score (nSPS) is 18.3. The van der Waals surface area contributed by atoms with Crippen LogP contribution in [0.1, 0.15) is 26.7 Å². The van der Waals surface area contributed by atoms with Crippen LogP contribution in [0.4, 0.5) is 0 Å². The molecule has 1 amide bonds. The van der Waals surface area contributed by atoms with Gasteiger partial charge in [-0.15, -0.1) is 0 Å². The van der Waals surface area contributed by atoms with Crippen molar-refractivity contribution >= 4 is 11.7 Å². The molecule has 0 radical (unpaired) electrons. The van der Waals surface area contributed by atoms with Crippen molar-refractivity contribution in [2.75, 3.05) is 26.7 Å². The number of likely N-dealkylation sites (tertiary alicyclic amines) is 1. The van der Waals surface area contributed by atoms with Gasteiger partial charge in [0.1, 0.15) is 5.78 Å². The first-order valence-corrected chi connectivity index (χ1v) is 5.50. The average Bonchev–Trinajstić information content (AvgIpc) is 2.16. The highest BCUT2D eigenvalue weighted by Gasteiger charge is 2.21. The summed E-state index contributed by atoms with van der Waals surface area (Å²) in [6, 6.07) is 0.220. The Morgan fingerprint density at radius 3 is 2.73 bits per heavy atom. The molecule has 86 valence electrons. The molecule has 4 nitrogen and oxygen atoms in total. The maximum Gasteiger partial charge on any atom is 0.236 e. The minimum atomic E-state index is 0.0969. The molecule has 1 saturated heterocycles. The van der Waals surface area contributed by atoms with Crippen molar-refractivity contribution in [1.82, 2.24) is 9.80 Å². The standard InChI is InChI=1S/C11H20N2O2/c1-9(2)12(3)11(15)8-13-6-4-5-10(14)7-13/h9H,4-8H2,1-3H3. The first-order chi connectivity index (χ1) is 7.00. The van der Waals surface area contributed by atoms with Gasteiger partial charge in [0.25, 0.3) is 0 Å². The molecule has 0 saturated carbocycles. The Hall–Kier alpha value is -0.900. The first kappa shape index (κ1) is 12.2. The fraction of sp³-hybridized carbons (Fsp3) is 0.818. The van der Waals surface area contributed by atoms with Crippen molar-refractivity contribution in [3.8, 4) is 0 Å². The molecule has 0 N–H and O–H groups in total. The van der Waals surface area contributed by atoms with E-state index in [1.54, 1.807) is 11.9 Å². The Labute approximate surface area is 91.2 Å². The molecule has 1 rings (SSSR count). The van der Waals surface area contributed by atoms with Gasteiger partial charge >= 0.3 is 0 Å². The summed E-state index contributed by atoms with van der Waals surface area (Å²) in [6.45, 7) is 5.65. The molecule has 0 aromatic heterocycles. The highest BCUT2D eigenvalue weighted by molar-refractivity contribution is 5.83. The van der Waals surface area contributed by atoms with E-state index >= 15 is 0 Å². The predicted molar refractivity (Wildman–Crippen MR) is 58.6 cm³/mol. The van der Waals surface area contributed by atoms with Gasteiger partial charge in [0.15, 0.2) is 0 Å². The van der Waals surface area contributed by atoms with Crippen LogP contribution in [-0.2, 0) is 9.59 Å². The lowest BCUT2D eigenvalue weighted by molar-refractivity contribution is -0.133. The van der Waals surface area contributed by atoms with Gasteiger partial charge in [-0.3, -0.25) is 14.5 Å². The molecule has 0 unspecified atom stereocenters. The monoisotopic (exact) mass is 212 g/mol. The van der Waals surface area contributed by atoms with Crippen LogP contribution >= 0.6 is 0 Å². The van der Waals surface area contributed by atoms with E-state index in [1.165, 1.54) is 0 Å². The summed E-state index contributed by atoms with van der Waals surface area (Å²) in [6.07, 6.45) is 1.56. The van der Waals surface area contributed by atoms with Crippen LogP contribution in [0.5, 0.6) is 0 Å². The first-order valence-electron chi connectivity index (χ1n) is 5.50. The zero-order valence-corrected chi connectivity index (χ0v) is 9.82. The number of Topliss-reactive ketones (excluding diaryl/α,β-unsaturated/α-hetero) is 1. The van der Waals surface area contributed by atoms with Gasteiger partial charge in [-0.05, 0) is 26.8 Å². The van der Waals surface area contributed by atoms with Crippen molar-refractivity contribution in [1.29, 1.82) is 0 Å². The van der Waals surface area contributed by atoms with Crippen LogP contribution < -0.4 is 0 Å². The Kier molecular flexibility index (Phi) is 4.27. The van der Waals surface area contributed by atoms with Crippen molar-refractivity contribution in [2.24, 2.45) is 0 Å². The molecule has 4 heteroatoms. The molecule has 0 spiro atoms. The summed E-state index contributed by atoms with van der Waals surface area (Å²) in [7, 11) is 1.80. The molecule has 0 aromatic rings. The number of hydrogen-bond donors (Lipinski definition) is 0. The Bertz CT molecular complexity index is 251. The number of hydrogen-bond acceptors (Lipinski definition) is 3. The third-order valence-electron chi connectivity index (χ3n) is 2.86. The van der Waals surface area contributed by atoms with Crippen LogP contribution in [0, 0.1) is 0 Å². The number of piperidine rings is 1. The highest BCUT2D eigenvalue weighted by atomic mass is 16.2. The van der Waals surface area contributed by atoms with Crippen molar-refractivity contribution < 1.29 is 9.59 Å². The molecule has 1 aliphatic heterocycles. The lowest BCUT2D eigenvalue weighted by atomic mass is 10.1. The highest BCUT2D eigenvalue weighted by Crippen LogP contribution is 2.06. The summed E-state index contributed by atoms with van der Waals surface area (Å²) in [4.78, 5) is 26.6. The minimum absolute atomic E-state index is 0.0969. The second-order valence-corrected chi connectivity index (χ2v) is 4.45. The zero-order valence-electron chi connectivity index (χ0n) is 9.82. The third-order valence-corrected chi connectivity index (χ3v) is 2.86. The molecular weight excluding hydrogens is 192 g/mol. The Morgan fingerprint density at radius 2 is 2.20 bits per heavy atom. The predicted octanol–water partition coefficient (Wildman–Crippen LogP) is 0.518. The van der Waals surface area contributed by atoms with E-state index < -0.39 is 0 Å². The van der Waals surface area contributed by atoms with E-state index in [1.807, 2.05) is 18.7 Å². The molecule has 1 aliphatic rings. The smallest absolute Gasteiger partial charge is 0.236 e. The number of ketones is 1. The van der Waals surface area contributed by atoms with E-state index in [0.717, 1.165) is 13.0 Å². The molecule has 1 fully saturated rings. The van der Waals surface area contributed by atoms with Crippen molar-refractivity contribution in [3.63, 3.8) is 0 Å². The van der Waals surface area contributed by atoms with Gasteiger partial charge in [0.05, 0.1) is 13.1 Å². The van der Waals surface area contributed by atoms with E-state index in [4.69, 9.17) is 0 Å². The Balaban J connectivity index is 2.40. The SMILES string of the molecule is CC(C)N(C)C(=O)CN1CCCC(=O)C1. The second kappa shape index (κ2) is 5.26. The zero-order chi connectivity index (χ0) is 11.4. The van der Waals surface area contributed by atoms with Crippen LogP contribution in [0.15, 0.2) is 0 Å². The molecule has 0 atom stereocenters. The molecule has 0 aromatic carbocycles. The summed E-state index contributed by atoms with van der Waals surface area (Å²) >= 11 is 0. The van der Waals surface area contributed by atoms with Gasteiger partial charge in [-0.2, -0.15) is 0 Å². The van der Waals surface area contributed by atoms with Crippen LogP contribution in [-0.4, -0.2) is 54.2 Å². The summed E-state index contributed by atoms with van der Waals surface area (Å²) in [5.74, 6) is 0.348. The maximum atomic E-state index is 11.7. The van der Waals surface area contributed by atoms with Crippen molar-refractivity contribution in [2.45, 2.75) is 32.7 Å². The maximum absolute atomic E-state index is 11.7. The van der Waals surface area contributed by atoms with Gasteiger partial charge in [-0.1, -0.05) is 0 Å². The molecule has 15 heavy (non-hydrogen) atoms. The largest absolute Gasteiger partial charge is 0.342 e. The number of amides is 1. The summed E-state index contributed by atoms with van der Waals surface area (Å²) < 4.78 is 0. The van der Waals surface area contributed by atoms with Crippen LogP contribution in [0.3, 0.4) is 0 Å². The van der Waals surface area contributed by atoms with Gasteiger partial charge in [0, 0.05) is 19.5 Å². The second-order valence-electron chi connectivity index (χ2n) is 4.45. The van der Waals surface area contributed by atoms with Crippen LogP contribution in [0.25, 0.3) is 0 Å². The number of carbonyl (C=O) groups is 2. The fourth-order valence-electron chi connectivity index (χ4n) is 1.63. The fourth-order valence-corrected chi connectivity index (χ4v) is 1.63. The quantitative estimate of drug-likeness (QED) is 0.684. The molecular formula is C11H20N2O2. The number of nitrogens with zero attached hydrogens (tertiary/aromatic N) is 2. The lowest BCUT2D eigenvalue weighted by Crippen LogP contribution is -2.45. The number of likely N-dealkylation sites (N-methyl/N-ethyl adjacent to an activating group) is 1. The van der Waals surface area contributed by atoms with E-state index in [-0.39, 0.29) is 17.7 Å². The molecule has 1 heterocycles. The van der Waals surface area contributed by atoms with E-state index in [2.05, 4.69) is 0 Å². The van der Waals surface area contributed by atoms with Gasteiger partial charge in [0.2, 0.25) is 5.91 Å².